The number of aryl methyl sites for hydroxylation is 1. The summed E-state index contributed by atoms with van der Waals surface area (Å²) in [5.74, 6) is 5.40. The monoisotopic (exact) mass is 1220 g/mol. The highest BCUT2D eigenvalue weighted by atomic mass is 16.5. The molecule has 27 N–H and O–H groups in total. The highest BCUT2D eigenvalue weighted by molar-refractivity contribution is 5.71. The van der Waals surface area contributed by atoms with E-state index in [0.29, 0.717) is 94.7 Å². The number of ether oxygens (including phenoxy) is 6. The van der Waals surface area contributed by atoms with Gasteiger partial charge in [-0.3, -0.25) is 0 Å². The molecule has 8 aromatic rings. The molecule has 0 unspecified atom stereocenters. The minimum Gasteiger partial charge on any atom is -0.476 e. The van der Waals surface area contributed by atoms with Gasteiger partial charge in [-0.1, -0.05) is 66.2 Å². The topological polar surface area (TPSA) is 537 Å². The van der Waals surface area contributed by atoms with Gasteiger partial charge in [0.1, 0.15) is 53.1 Å². The lowest BCUT2D eigenvalue weighted by atomic mass is 10.2. The van der Waals surface area contributed by atoms with Crippen molar-refractivity contribution >= 4 is 87.3 Å². The van der Waals surface area contributed by atoms with E-state index in [1.807, 2.05) is 86.6 Å². The molecule has 0 saturated carbocycles. The fourth-order valence-electron chi connectivity index (χ4n) is 6.90. The second-order valence-electron chi connectivity index (χ2n) is 17.8. The number of benzene rings is 3. The molecule has 8 rings (SSSR count). The zero-order valence-electron chi connectivity index (χ0n) is 50.3. The second-order valence-corrected chi connectivity index (χ2v) is 17.8. The lowest BCUT2D eigenvalue weighted by Gasteiger charge is -2.11. The van der Waals surface area contributed by atoms with Gasteiger partial charge in [0, 0.05) is 48.5 Å². The predicted octanol–water partition coefficient (Wildman–Crippen LogP) is 4.04. The maximum atomic E-state index is 8.60. The maximum absolute atomic E-state index is 8.60. The van der Waals surface area contributed by atoms with Gasteiger partial charge in [-0.2, -0.15) is 49.8 Å². The van der Waals surface area contributed by atoms with E-state index in [2.05, 4.69) is 81.7 Å². The van der Waals surface area contributed by atoms with Crippen molar-refractivity contribution in [2.75, 3.05) is 165 Å². The summed E-state index contributed by atoms with van der Waals surface area (Å²) in [7, 11) is 8.52. The van der Waals surface area contributed by atoms with Crippen LogP contribution in [0.1, 0.15) is 30.9 Å². The Morgan fingerprint density at radius 2 is 0.784 bits per heavy atom. The summed E-state index contributed by atoms with van der Waals surface area (Å²) < 4.78 is 32.3. The number of para-hydroxylation sites is 1. The van der Waals surface area contributed by atoms with Crippen LogP contribution in [0.4, 0.5) is 87.3 Å². The SMILES string of the molecule is CCNc1nc(N)nc(OCCO)c1N.CNc1nc(N)nc(OCCCNCCCOC)c1N.CNc1nc(N)nc(OCc2ccccc2)c1N.CNc1nc(N)nc(Oc2ccc(C)cc2)c1N.CNc1nc(N)nc(Oc2ccccc2)c1N. The molecular weight excluding hydrogens is 1140 g/mol. The van der Waals surface area contributed by atoms with Crippen molar-refractivity contribution in [1.29, 1.82) is 0 Å². The van der Waals surface area contributed by atoms with E-state index in [4.69, 9.17) is 90.9 Å². The highest BCUT2D eigenvalue weighted by Gasteiger charge is 2.16. The van der Waals surface area contributed by atoms with Gasteiger partial charge in [-0.15, -0.1) is 0 Å². The summed E-state index contributed by atoms with van der Waals surface area (Å²) >= 11 is 0. The summed E-state index contributed by atoms with van der Waals surface area (Å²) in [5, 5.41) is 26.2. The number of aliphatic hydroxyl groups is 1. The number of hydrogen-bond acceptors (Lipinski definition) is 33. The van der Waals surface area contributed by atoms with Gasteiger partial charge < -0.3 is 123 Å². The minimum absolute atomic E-state index is 0.0769. The third-order valence-corrected chi connectivity index (χ3v) is 11.1. The fourth-order valence-corrected chi connectivity index (χ4v) is 6.90. The van der Waals surface area contributed by atoms with E-state index in [1.165, 1.54) is 0 Å². The van der Waals surface area contributed by atoms with Crippen LogP contribution in [0.2, 0.25) is 0 Å². The second kappa shape index (κ2) is 37.3. The Bertz CT molecular complexity index is 3340. The van der Waals surface area contributed by atoms with Crippen molar-refractivity contribution in [2.24, 2.45) is 0 Å². The third-order valence-electron chi connectivity index (χ3n) is 11.1. The average molecular weight is 1220 g/mol. The van der Waals surface area contributed by atoms with Gasteiger partial charge in [-0.05, 0) is 69.6 Å². The first kappa shape index (κ1) is 69.4. The molecule has 33 nitrogen and oxygen atoms in total. The molecule has 88 heavy (non-hydrogen) atoms. The van der Waals surface area contributed by atoms with Crippen molar-refractivity contribution in [3.63, 3.8) is 0 Å². The number of nitrogens with two attached hydrogens (primary N) is 10. The van der Waals surface area contributed by atoms with Crippen LogP contribution in [0.3, 0.4) is 0 Å². The summed E-state index contributed by atoms with van der Waals surface area (Å²) in [6.07, 6.45) is 1.85. The lowest BCUT2D eigenvalue weighted by Crippen LogP contribution is -2.20. The molecule has 0 atom stereocenters. The average Bonchev–Trinajstić information content (AvgIpc) is 3.64. The van der Waals surface area contributed by atoms with Crippen LogP contribution in [0, 0.1) is 6.92 Å². The van der Waals surface area contributed by atoms with Crippen molar-refractivity contribution < 1.29 is 33.5 Å². The highest BCUT2D eigenvalue weighted by Crippen LogP contribution is 2.33. The molecule has 0 aliphatic rings. The molecule has 474 valence electrons. The number of anilines is 15. The Balaban J connectivity index is 0.000000236. The number of nitrogens with zero attached hydrogens (tertiary/aromatic N) is 10. The Kier molecular flexibility index (Phi) is 29.4. The fraction of sp³-hybridized carbons (Fsp3) is 0.309. The van der Waals surface area contributed by atoms with Gasteiger partial charge in [-0.25, -0.2) is 0 Å². The van der Waals surface area contributed by atoms with Crippen LogP contribution in [0.25, 0.3) is 0 Å². The van der Waals surface area contributed by atoms with E-state index in [1.54, 1.807) is 47.4 Å². The molecular formula is C55H82N26O7. The van der Waals surface area contributed by atoms with Crippen LogP contribution in [0.15, 0.2) is 84.9 Å². The smallest absolute Gasteiger partial charge is 0.249 e. The van der Waals surface area contributed by atoms with Crippen LogP contribution >= 0.6 is 0 Å². The van der Waals surface area contributed by atoms with Crippen LogP contribution < -0.4 is 113 Å². The Morgan fingerprint density at radius 3 is 1.20 bits per heavy atom. The molecule has 0 fully saturated rings. The molecule has 33 heteroatoms. The van der Waals surface area contributed by atoms with E-state index in [-0.39, 0.29) is 66.5 Å². The number of rotatable bonds is 25. The molecule has 0 amide bonds. The van der Waals surface area contributed by atoms with Gasteiger partial charge >= 0.3 is 0 Å². The predicted molar refractivity (Wildman–Crippen MR) is 347 cm³/mol. The first-order valence-electron chi connectivity index (χ1n) is 27.2. The third kappa shape index (κ3) is 23.2. The van der Waals surface area contributed by atoms with E-state index < -0.39 is 0 Å². The number of nitrogen functional groups attached to an aromatic ring is 10. The van der Waals surface area contributed by atoms with Gasteiger partial charge in [0.15, 0.2) is 29.1 Å². The summed E-state index contributed by atoms with van der Waals surface area (Å²) in [6.45, 7) is 8.04. The number of aromatic nitrogens is 10. The Morgan fingerprint density at radius 1 is 0.420 bits per heavy atom. The van der Waals surface area contributed by atoms with Crippen LogP contribution in [0.5, 0.6) is 40.9 Å². The molecule has 0 radical (unpaired) electrons. The Labute approximate surface area is 509 Å². The molecule has 0 aliphatic heterocycles. The maximum Gasteiger partial charge on any atom is 0.249 e. The summed E-state index contributed by atoms with van der Waals surface area (Å²) in [5.41, 5.74) is 60.8. The first-order valence-corrected chi connectivity index (χ1v) is 27.2. The molecule has 5 aromatic heterocycles. The van der Waals surface area contributed by atoms with Crippen molar-refractivity contribution in [3.8, 4) is 40.9 Å². The quantitative estimate of drug-likeness (QED) is 0.0359. The minimum atomic E-state index is -0.111. The number of methoxy groups -OCH3 is 1. The van der Waals surface area contributed by atoms with Crippen molar-refractivity contribution in [3.05, 3.63) is 96.1 Å². The molecule has 0 saturated heterocycles. The van der Waals surface area contributed by atoms with Gasteiger partial charge in [0.25, 0.3) is 0 Å². The largest absolute Gasteiger partial charge is 0.476 e. The standard InChI is InChI=1S/C12H24N6O2.2C12H15N5O.C11H13N5O.C8H15N5O2/c1-15-10-9(13)11(18-12(14)17-10)20-8-4-6-16-5-3-7-19-2;1-7-3-5-8(6-4-7)18-11-9(13)10(15-2)16-12(14)17-11;1-15-10-9(13)11(17-12(14)16-10)18-7-8-5-3-2-4-6-8;1-14-9-8(12)10(16-11(13)15-9)17-7-5-3-2-4-6-7;1-2-11-6-5(9)7(15-4-3-14)13-8(10)12-6/h16H,3-8,13H2,1-2H3,(H3,14,15,17,18);3-6H,13H2,1-2H3,(H3,14,15,16,17);2-6H,7,13H2,1H3,(H3,14,15,16,17);2-6H,12H2,1H3,(H3,13,14,15,16);14H,2-4,9H2,1H3,(H3,10,11,12,13). The van der Waals surface area contributed by atoms with E-state index in [0.717, 1.165) is 43.7 Å². The van der Waals surface area contributed by atoms with Gasteiger partial charge in [0.2, 0.25) is 59.1 Å². The van der Waals surface area contributed by atoms with Crippen LogP contribution in [-0.2, 0) is 11.3 Å². The Hall–Kier alpha value is -11.1. The zero-order valence-corrected chi connectivity index (χ0v) is 50.3. The number of hydrogen-bond donors (Lipinski definition) is 17. The summed E-state index contributed by atoms with van der Waals surface area (Å²) in [4.78, 5) is 39.5. The molecule has 0 spiro atoms. The van der Waals surface area contributed by atoms with Gasteiger partial charge in [0.05, 0.1) is 13.2 Å². The van der Waals surface area contributed by atoms with E-state index >= 15 is 0 Å². The van der Waals surface area contributed by atoms with Crippen molar-refractivity contribution in [1.82, 2.24) is 55.2 Å². The molecule has 5 heterocycles. The molecule has 0 aliphatic carbocycles. The molecule has 3 aromatic carbocycles. The number of nitrogens with one attached hydrogen (secondary N) is 6. The van der Waals surface area contributed by atoms with E-state index in [9.17, 15) is 0 Å². The first-order chi connectivity index (χ1) is 42.4. The van der Waals surface area contributed by atoms with Crippen LogP contribution in [-0.4, -0.2) is 136 Å². The zero-order chi connectivity index (χ0) is 64.4. The lowest BCUT2D eigenvalue weighted by molar-refractivity contribution is 0.194. The molecule has 0 bridgehead atoms. The summed E-state index contributed by atoms with van der Waals surface area (Å²) in [6, 6.07) is 26.5. The number of aliphatic hydroxyl groups excluding tert-OH is 1. The van der Waals surface area contributed by atoms with Crippen molar-refractivity contribution in [2.45, 2.75) is 33.3 Å². The normalized spacial score (nSPS) is 10.1.